The van der Waals surface area contributed by atoms with Gasteiger partial charge in [-0.1, -0.05) is 23.7 Å². The maximum atomic E-state index is 13.2. The third-order valence-electron chi connectivity index (χ3n) is 8.15. The van der Waals surface area contributed by atoms with E-state index in [0.717, 1.165) is 68.1 Å². The van der Waals surface area contributed by atoms with Gasteiger partial charge in [0.25, 0.3) is 0 Å². The quantitative estimate of drug-likeness (QED) is 0.375. The van der Waals surface area contributed by atoms with Crippen LogP contribution in [0.5, 0.6) is 0 Å². The van der Waals surface area contributed by atoms with E-state index >= 15 is 0 Å². The Morgan fingerprint density at radius 1 is 1.08 bits per heavy atom. The summed E-state index contributed by atoms with van der Waals surface area (Å²) in [6.45, 7) is 7.72. The zero-order valence-corrected chi connectivity index (χ0v) is 22.9. The number of Topliss-reactive ketones (excluding diaryl/α,β-unsaturated/α-hetero) is 1. The van der Waals surface area contributed by atoms with Gasteiger partial charge >= 0.3 is 0 Å². The topological polar surface area (TPSA) is 73.1 Å². The number of ketones is 1. The Bertz CT molecular complexity index is 1390. The van der Waals surface area contributed by atoms with Gasteiger partial charge in [-0.05, 0) is 80.2 Å². The fourth-order valence-corrected chi connectivity index (χ4v) is 6.05. The number of aryl methyl sites for hydroxylation is 1. The van der Waals surface area contributed by atoms with Crippen LogP contribution in [-0.4, -0.2) is 62.8 Å². The Labute approximate surface area is 228 Å². The van der Waals surface area contributed by atoms with Gasteiger partial charge in [0, 0.05) is 37.9 Å². The highest BCUT2D eigenvalue weighted by Gasteiger charge is 2.26. The largest absolute Gasteiger partial charge is 0.379 e. The molecule has 6 rings (SSSR count). The second-order valence-electron chi connectivity index (χ2n) is 10.8. The zero-order valence-electron chi connectivity index (χ0n) is 22.1. The van der Waals surface area contributed by atoms with Gasteiger partial charge in [0.1, 0.15) is 0 Å². The van der Waals surface area contributed by atoms with Gasteiger partial charge in [0.05, 0.1) is 41.4 Å². The van der Waals surface area contributed by atoms with Gasteiger partial charge < -0.3 is 4.74 Å². The van der Waals surface area contributed by atoms with Gasteiger partial charge in [-0.3, -0.25) is 14.7 Å². The molecule has 2 aliphatic carbocycles. The molecule has 2 fully saturated rings. The maximum Gasteiger partial charge on any atom is 0.172 e. The number of carbonyl (C=O) groups excluding carboxylic acids is 1. The lowest BCUT2D eigenvalue weighted by Gasteiger charge is -2.36. The van der Waals surface area contributed by atoms with E-state index in [1.54, 1.807) is 10.9 Å². The molecule has 1 saturated heterocycles. The molecular weight excluding hydrogens is 498 g/mol. The van der Waals surface area contributed by atoms with Crippen molar-refractivity contribution in [2.75, 3.05) is 26.3 Å². The zero-order chi connectivity index (χ0) is 26.2. The number of rotatable bonds is 7. The van der Waals surface area contributed by atoms with Crippen LogP contribution in [0, 0.1) is 13.8 Å². The molecule has 0 radical (unpaired) electrons. The second kappa shape index (κ2) is 10.7. The van der Waals surface area contributed by atoms with Crippen LogP contribution >= 0.6 is 11.6 Å². The summed E-state index contributed by atoms with van der Waals surface area (Å²) in [6.07, 6.45) is 13.6. The Hall–Kier alpha value is -2.87. The molecule has 8 heteroatoms. The molecule has 1 saturated carbocycles. The molecule has 0 amide bonds. The van der Waals surface area contributed by atoms with Crippen LogP contribution < -0.4 is 0 Å². The van der Waals surface area contributed by atoms with Gasteiger partial charge in [0.15, 0.2) is 11.6 Å². The monoisotopic (exact) mass is 531 g/mol. The molecule has 3 aliphatic rings. The van der Waals surface area contributed by atoms with Crippen molar-refractivity contribution in [3.8, 4) is 5.82 Å². The normalized spacial score (nSPS) is 20.4. The summed E-state index contributed by atoms with van der Waals surface area (Å²) in [7, 11) is 0. The summed E-state index contributed by atoms with van der Waals surface area (Å²) in [5, 5.41) is 5.01. The standard InChI is InChI=1S/C30H34ClN5O2/c1-19-13-21(16-32-29(19)23-5-7-25(8-6-23)35-9-11-38-12-10-35)14-28(37)26-18-34-36(20(26)2)30-27(31)15-24(17-33-30)22-3-4-22/h5,13,15-18,22,25H,3-4,6-12,14H2,1-2H3. The van der Waals surface area contributed by atoms with E-state index in [4.69, 9.17) is 21.3 Å². The first-order chi connectivity index (χ1) is 18.5. The summed E-state index contributed by atoms with van der Waals surface area (Å²) >= 11 is 6.54. The lowest BCUT2D eigenvalue weighted by Crippen LogP contribution is -2.43. The fraction of sp³-hybridized carbons (Fsp3) is 0.467. The van der Waals surface area contributed by atoms with Crippen LogP contribution in [0.25, 0.3) is 11.4 Å². The maximum absolute atomic E-state index is 13.2. The number of hydrogen-bond donors (Lipinski definition) is 0. The fourth-order valence-electron chi connectivity index (χ4n) is 5.79. The number of aromatic nitrogens is 4. The minimum atomic E-state index is 0.0126. The van der Waals surface area contributed by atoms with Crippen molar-refractivity contribution >= 4 is 23.0 Å². The molecule has 198 valence electrons. The number of hydrogen-bond acceptors (Lipinski definition) is 6. The summed E-state index contributed by atoms with van der Waals surface area (Å²) < 4.78 is 7.17. The molecule has 1 aliphatic heterocycles. The van der Waals surface area contributed by atoms with Crippen molar-refractivity contribution < 1.29 is 9.53 Å². The number of ether oxygens (including phenoxy) is 1. The first-order valence-corrected chi connectivity index (χ1v) is 14.1. The highest BCUT2D eigenvalue weighted by atomic mass is 35.5. The van der Waals surface area contributed by atoms with Gasteiger partial charge in [0.2, 0.25) is 0 Å². The predicted octanol–water partition coefficient (Wildman–Crippen LogP) is 5.50. The van der Waals surface area contributed by atoms with Gasteiger partial charge in [-0.15, -0.1) is 0 Å². The number of halogens is 1. The summed E-state index contributed by atoms with van der Waals surface area (Å²) in [4.78, 5) is 25.2. The van der Waals surface area contributed by atoms with Crippen LogP contribution in [0.1, 0.15) is 76.5 Å². The van der Waals surface area contributed by atoms with E-state index in [0.29, 0.717) is 28.4 Å². The third-order valence-corrected chi connectivity index (χ3v) is 8.43. The Morgan fingerprint density at radius 3 is 2.58 bits per heavy atom. The lowest BCUT2D eigenvalue weighted by atomic mass is 9.90. The van der Waals surface area contributed by atoms with Crippen LogP contribution in [0.4, 0.5) is 0 Å². The average Bonchev–Trinajstić information content (AvgIpc) is 3.71. The highest BCUT2D eigenvalue weighted by molar-refractivity contribution is 6.32. The Balaban J connectivity index is 1.13. The van der Waals surface area contributed by atoms with Crippen molar-refractivity contribution in [2.45, 2.75) is 64.3 Å². The van der Waals surface area contributed by atoms with E-state index < -0.39 is 0 Å². The molecule has 3 aromatic rings. The molecular formula is C30H34ClN5O2. The molecule has 0 N–H and O–H groups in total. The van der Waals surface area contributed by atoms with Crippen molar-refractivity contribution in [3.63, 3.8) is 0 Å². The molecule has 0 spiro atoms. The highest BCUT2D eigenvalue weighted by Crippen LogP contribution is 2.41. The summed E-state index contributed by atoms with van der Waals surface area (Å²) in [5.41, 5.74) is 6.90. The van der Waals surface area contributed by atoms with Crippen LogP contribution in [-0.2, 0) is 11.2 Å². The van der Waals surface area contributed by atoms with E-state index in [9.17, 15) is 4.79 Å². The first kappa shape index (κ1) is 25.4. The van der Waals surface area contributed by atoms with Crippen molar-refractivity contribution in [1.29, 1.82) is 0 Å². The average molecular weight is 532 g/mol. The number of carbonyl (C=O) groups is 1. The second-order valence-corrected chi connectivity index (χ2v) is 11.2. The molecule has 0 bridgehead atoms. The molecule has 1 atom stereocenters. The van der Waals surface area contributed by atoms with Crippen molar-refractivity contribution in [1.82, 2.24) is 24.6 Å². The molecule has 4 heterocycles. The Morgan fingerprint density at radius 2 is 1.89 bits per heavy atom. The molecule has 3 aromatic heterocycles. The number of allylic oxidation sites excluding steroid dienone is 1. The SMILES string of the molecule is Cc1cc(CC(=O)c2cnn(-c3ncc(C4CC4)cc3Cl)c2C)cnc1C1=CCC(N2CCOCC2)CC1. The third kappa shape index (κ3) is 5.20. The summed E-state index contributed by atoms with van der Waals surface area (Å²) in [5.74, 6) is 1.15. The molecule has 0 aromatic carbocycles. The number of nitrogens with zero attached hydrogens (tertiary/aromatic N) is 5. The van der Waals surface area contributed by atoms with Crippen molar-refractivity contribution in [3.05, 3.63) is 75.5 Å². The lowest BCUT2D eigenvalue weighted by molar-refractivity contribution is 0.0150. The van der Waals surface area contributed by atoms with Gasteiger partial charge in [-0.25, -0.2) is 9.67 Å². The smallest absolute Gasteiger partial charge is 0.172 e. The minimum absolute atomic E-state index is 0.0126. The molecule has 38 heavy (non-hydrogen) atoms. The van der Waals surface area contributed by atoms with E-state index in [1.165, 1.54) is 24.0 Å². The minimum Gasteiger partial charge on any atom is -0.379 e. The van der Waals surface area contributed by atoms with E-state index in [1.807, 2.05) is 25.4 Å². The molecule has 1 unspecified atom stereocenters. The van der Waals surface area contributed by atoms with Crippen molar-refractivity contribution in [2.24, 2.45) is 0 Å². The summed E-state index contributed by atoms with van der Waals surface area (Å²) in [6, 6.07) is 4.68. The first-order valence-electron chi connectivity index (χ1n) is 13.7. The number of morpholine rings is 1. The molecule has 7 nitrogen and oxygen atoms in total. The number of pyridine rings is 2. The van der Waals surface area contributed by atoms with Gasteiger partial charge in [-0.2, -0.15) is 5.10 Å². The van der Waals surface area contributed by atoms with Crippen LogP contribution in [0.3, 0.4) is 0 Å². The predicted molar refractivity (Wildman–Crippen MR) is 148 cm³/mol. The van der Waals surface area contributed by atoms with Crippen LogP contribution in [0.2, 0.25) is 5.02 Å². The van der Waals surface area contributed by atoms with Crippen LogP contribution in [0.15, 0.2) is 36.8 Å². The van der Waals surface area contributed by atoms with E-state index in [-0.39, 0.29) is 12.2 Å². The van der Waals surface area contributed by atoms with E-state index in [2.05, 4.69) is 34.0 Å². The Kier molecular flexibility index (Phi) is 7.16.